The van der Waals surface area contributed by atoms with Crippen LogP contribution in [-0.2, 0) is 0 Å². The van der Waals surface area contributed by atoms with Crippen molar-refractivity contribution in [3.8, 4) is 22.3 Å². The molecule has 0 saturated heterocycles. The summed E-state index contributed by atoms with van der Waals surface area (Å²) in [6.45, 7) is 2.24. The van der Waals surface area contributed by atoms with Gasteiger partial charge in [0.25, 0.3) is 0 Å². The van der Waals surface area contributed by atoms with Crippen LogP contribution in [0.4, 0.5) is 0 Å². The molecular weight excluding hydrogens is 435 g/mol. The van der Waals surface area contributed by atoms with Gasteiger partial charge in [-0.25, -0.2) is 0 Å². The van der Waals surface area contributed by atoms with Crippen LogP contribution in [-0.4, -0.2) is 0 Å². The minimum absolute atomic E-state index is 1.36. The van der Waals surface area contributed by atoms with Gasteiger partial charge in [-0.3, -0.25) is 0 Å². The van der Waals surface area contributed by atoms with E-state index in [1.807, 2.05) is 22.7 Å². The van der Waals surface area contributed by atoms with E-state index in [2.05, 4.69) is 63.2 Å². The van der Waals surface area contributed by atoms with Crippen LogP contribution in [0.5, 0.6) is 0 Å². The number of fused-ring (bicyclic) bond motifs is 1. The highest BCUT2D eigenvalue weighted by Gasteiger charge is 2.20. The molecule has 0 aliphatic rings. The molecule has 4 heterocycles. The SMILES string of the molecule is Cc1sc2c(-c3ccsc3)c(I)sc2c1-c1ccsc1. The zero-order chi connectivity index (χ0) is 13.7. The molecule has 0 spiro atoms. The van der Waals surface area contributed by atoms with Crippen molar-refractivity contribution in [1.29, 1.82) is 0 Å². The van der Waals surface area contributed by atoms with Gasteiger partial charge in [0.1, 0.15) is 0 Å². The van der Waals surface area contributed by atoms with Crippen LogP contribution in [0.3, 0.4) is 0 Å². The third kappa shape index (κ3) is 2.02. The number of thiophene rings is 4. The quantitative estimate of drug-likeness (QED) is 0.284. The lowest BCUT2D eigenvalue weighted by molar-refractivity contribution is 1.64. The molecule has 0 fully saturated rings. The van der Waals surface area contributed by atoms with Crippen LogP contribution < -0.4 is 0 Å². The first-order chi connectivity index (χ1) is 9.75. The van der Waals surface area contributed by atoms with Crippen LogP contribution in [0.1, 0.15) is 4.88 Å². The third-order valence-electron chi connectivity index (χ3n) is 3.28. The van der Waals surface area contributed by atoms with Gasteiger partial charge in [-0.15, -0.1) is 22.7 Å². The largest absolute Gasteiger partial charge is 0.152 e. The first-order valence-electron chi connectivity index (χ1n) is 6.02. The Balaban J connectivity index is 2.05. The summed E-state index contributed by atoms with van der Waals surface area (Å²) in [5.74, 6) is 0. The summed E-state index contributed by atoms with van der Waals surface area (Å²) < 4.78 is 4.31. The molecule has 4 aromatic rings. The molecular formula is C15H9IS4. The predicted octanol–water partition coefficient (Wildman–Crippen LogP) is 7.33. The smallest absolute Gasteiger partial charge is 0.0753 e. The second-order valence-corrected chi connectivity index (χ2v) is 10.1. The minimum atomic E-state index is 1.36. The number of aryl methyl sites for hydroxylation is 1. The summed E-state index contributed by atoms with van der Waals surface area (Å²) in [4.78, 5) is 1.43. The lowest BCUT2D eigenvalue weighted by Crippen LogP contribution is -1.70. The molecule has 4 aromatic heterocycles. The van der Waals surface area contributed by atoms with Crippen molar-refractivity contribution < 1.29 is 0 Å². The summed E-state index contributed by atoms with van der Waals surface area (Å²) in [6.07, 6.45) is 0. The average molecular weight is 444 g/mol. The zero-order valence-corrected chi connectivity index (χ0v) is 15.9. The Hall–Kier alpha value is -0.210. The number of hydrogen-bond donors (Lipinski definition) is 0. The highest BCUT2D eigenvalue weighted by Crippen LogP contribution is 2.49. The van der Waals surface area contributed by atoms with E-state index in [1.54, 1.807) is 22.7 Å². The maximum atomic E-state index is 2.49. The van der Waals surface area contributed by atoms with Crippen molar-refractivity contribution >= 4 is 77.3 Å². The van der Waals surface area contributed by atoms with Gasteiger partial charge in [-0.2, -0.15) is 22.7 Å². The first-order valence-corrected chi connectivity index (χ1v) is 10.6. The molecule has 100 valence electrons. The fraction of sp³-hybridized carbons (Fsp3) is 0.0667. The van der Waals surface area contributed by atoms with Gasteiger partial charge in [-0.1, -0.05) is 0 Å². The molecule has 0 amide bonds. The molecule has 20 heavy (non-hydrogen) atoms. The lowest BCUT2D eigenvalue weighted by Gasteiger charge is -1.95. The van der Waals surface area contributed by atoms with Crippen LogP contribution in [0.2, 0.25) is 0 Å². The summed E-state index contributed by atoms with van der Waals surface area (Å²) in [6, 6.07) is 4.46. The van der Waals surface area contributed by atoms with E-state index in [9.17, 15) is 0 Å². The Morgan fingerprint density at radius 2 is 1.45 bits per heavy atom. The van der Waals surface area contributed by atoms with Crippen LogP contribution in [0.25, 0.3) is 31.7 Å². The molecule has 0 atom stereocenters. The van der Waals surface area contributed by atoms with Gasteiger partial charge in [0.15, 0.2) is 0 Å². The predicted molar refractivity (Wildman–Crippen MR) is 104 cm³/mol. The van der Waals surface area contributed by atoms with Gasteiger partial charge < -0.3 is 0 Å². The summed E-state index contributed by atoms with van der Waals surface area (Å²) >= 11 is 9.90. The minimum Gasteiger partial charge on any atom is -0.152 e. The number of halogens is 1. The second kappa shape index (κ2) is 5.21. The second-order valence-electron chi connectivity index (χ2n) is 4.47. The van der Waals surface area contributed by atoms with Crippen LogP contribution in [0.15, 0.2) is 33.7 Å². The first kappa shape index (κ1) is 13.5. The molecule has 0 N–H and O–H groups in total. The third-order valence-corrected chi connectivity index (χ3v) is 8.09. The van der Waals surface area contributed by atoms with Gasteiger partial charge in [0.05, 0.1) is 12.3 Å². The Morgan fingerprint density at radius 3 is 2.05 bits per heavy atom. The van der Waals surface area contributed by atoms with Crippen molar-refractivity contribution in [2.75, 3.05) is 0 Å². The van der Waals surface area contributed by atoms with Gasteiger partial charge >= 0.3 is 0 Å². The van der Waals surface area contributed by atoms with E-state index < -0.39 is 0 Å². The van der Waals surface area contributed by atoms with Crippen molar-refractivity contribution in [3.05, 3.63) is 41.4 Å². The number of rotatable bonds is 2. The molecule has 0 saturated carbocycles. The fourth-order valence-electron chi connectivity index (χ4n) is 2.41. The van der Waals surface area contributed by atoms with Gasteiger partial charge in [0.2, 0.25) is 0 Å². The molecule has 0 aromatic carbocycles. The molecule has 0 nitrogen and oxygen atoms in total. The van der Waals surface area contributed by atoms with Crippen molar-refractivity contribution in [3.63, 3.8) is 0 Å². The summed E-state index contributed by atoms with van der Waals surface area (Å²) in [5, 5.41) is 8.83. The van der Waals surface area contributed by atoms with Gasteiger partial charge in [-0.05, 0) is 74.3 Å². The highest BCUT2D eigenvalue weighted by molar-refractivity contribution is 14.1. The van der Waals surface area contributed by atoms with Crippen molar-refractivity contribution in [2.24, 2.45) is 0 Å². The van der Waals surface area contributed by atoms with Crippen LogP contribution in [0, 0.1) is 9.81 Å². The Kier molecular flexibility index (Phi) is 3.50. The maximum absolute atomic E-state index is 2.49. The fourth-order valence-corrected chi connectivity index (χ4v) is 7.72. The Labute approximate surface area is 146 Å². The normalized spacial score (nSPS) is 11.5. The molecule has 0 bridgehead atoms. The topological polar surface area (TPSA) is 0 Å². The highest BCUT2D eigenvalue weighted by atomic mass is 127. The van der Waals surface area contributed by atoms with E-state index in [4.69, 9.17) is 0 Å². The zero-order valence-electron chi connectivity index (χ0n) is 10.5. The Morgan fingerprint density at radius 1 is 0.850 bits per heavy atom. The van der Waals surface area contributed by atoms with E-state index in [1.165, 1.54) is 39.4 Å². The van der Waals surface area contributed by atoms with E-state index in [-0.39, 0.29) is 0 Å². The molecule has 5 heteroatoms. The molecule has 0 radical (unpaired) electrons. The Bertz CT molecular complexity index is 789. The summed E-state index contributed by atoms with van der Waals surface area (Å²) in [7, 11) is 0. The van der Waals surface area contributed by atoms with Crippen LogP contribution >= 0.6 is 67.9 Å². The molecule has 0 aliphatic heterocycles. The summed E-state index contributed by atoms with van der Waals surface area (Å²) in [5.41, 5.74) is 5.61. The molecule has 0 unspecified atom stereocenters. The molecule has 0 aliphatic carbocycles. The van der Waals surface area contributed by atoms with E-state index in [0.717, 1.165) is 0 Å². The van der Waals surface area contributed by atoms with Gasteiger partial charge in [0, 0.05) is 16.0 Å². The van der Waals surface area contributed by atoms with Crippen molar-refractivity contribution in [1.82, 2.24) is 0 Å². The average Bonchev–Trinajstić information content (AvgIpc) is 3.13. The monoisotopic (exact) mass is 444 g/mol. The number of hydrogen-bond acceptors (Lipinski definition) is 4. The van der Waals surface area contributed by atoms with E-state index >= 15 is 0 Å². The van der Waals surface area contributed by atoms with Crippen molar-refractivity contribution in [2.45, 2.75) is 6.92 Å². The lowest BCUT2D eigenvalue weighted by atomic mass is 10.1. The molecule has 4 rings (SSSR count). The maximum Gasteiger partial charge on any atom is 0.0753 e. The van der Waals surface area contributed by atoms with E-state index in [0.29, 0.717) is 0 Å². The standard InChI is InChI=1S/C15H9IS4/c1-8-11(9-2-4-17-6-9)13-14(19-8)12(15(16)20-13)10-3-5-18-7-10/h2-7H,1H3.